The van der Waals surface area contributed by atoms with Crippen molar-refractivity contribution in [3.05, 3.63) is 84.1 Å². The Balaban J connectivity index is 1.49. The van der Waals surface area contributed by atoms with E-state index in [0.29, 0.717) is 30.2 Å². The van der Waals surface area contributed by atoms with Gasteiger partial charge in [0.2, 0.25) is 5.88 Å². The van der Waals surface area contributed by atoms with Gasteiger partial charge in [0.15, 0.2) is 0 Å². The van der Waals surface area contributed by atoms with Crippen LogP contribution in [0.1, 0.15) is 28.8 Å². The number of aromatic nitrogens is 2. The third-order valence-electron chi connectivity index (χ3n) is 4.84. The van der Waals surface area contributed by atoms with Crippen LogP contribution in [0.3, 0.4) is 0 Å². The maximum absolute atomic E-state index is 13.5. The molecule has 1 atom stereocenters. The van der Waals surface area contributed by atoms with Crippen LogP contribution in [-0.2, 0) is 6.42 Å². The first kappa shape index (κ1) is 18.1. The van der Waals surface area contributed by atoms with Crippen molar-refractivity contribution < 1.29 is 13.9 Å². The van der Waals surface area contributed by atoms with Gasteiger partial charge in [0.1, 0.15) is 11.6 Å². The molecule has 2 heterocycles. The van der Waals surface area contributed by atoms with Crippen LogP contribution in [0.15, 0.2) is 67.1 Å². The Morgan fingerprint density at radius 1 is 1.18 bits per heavy atom. The highest BCUT2D eigenvalue weighted by Gasteiger charge is 2.29. The van der Waals surface area contributed by atoms with Crippen LogP contribution in [-0.4, -0.2) is 33.4 Å². The minimum absolute atomic E-state index is 0.0384. The van der Waals surface area contributed by atoms with E-state index in [4.69, 9.17) is 4.74 Å². The first-order valence-electron chi connectivity index (χ1n) is 9.28. The fourth-order valence-corrected chi connectivity index (χ4v) is 3.57. The van der Waals surface area contributed by atoms with Crippen LogP contribution >= 0.6 is 0 Å². The van der Waals surface area contributed by atoms with Crippen LogP contribution < -0.4 is 4.74 Å². The average molecular weight is 377 g/mol. The molecular formula is C22H20FN3O2. The van der Waals surface area contributed by atoms with Crippen LogP contribution in [0.2, 0.25) is 0 Å². The molecule has 142 valence electrons. The molecule has 1 aliphatic heterocycles. The van der Waals surface area contributed by atoms with E-state index in [1.807, 2.05) is 11.0 Å². The van der Waals surface area contributed by atoms with Crippen molar-refractivity contribution in [1.82, 2.24) is 14.9 Å². The largest absolute Gasteiger partial charge is 0.437 e. The molecule has 0 saturated carbocycles. The summed E-state index contributed by atoms with van der Waals surface area (Å²) in [6.07, 6.45) is 7.15. The topological polar surface area (TPSA) is 55.3 Å². The first-order valence-corrected chi connectivity index (χ1v) is 9.28. The van der Waals surface area contributed by atoms with Gasteiger partial charge in [0.25, 0.3) is 5.91 Å². The quantitative estimate of drug-likeness (QED) is 0.667. The summed E-state index contributed by atoms with van der Waals surface area (Å²) in [6.45, 7) is 0.702. The van der Waals surface area contributed by atoms with Gasteiger partial charge in [0, 0.05) is 30.5 Å². The van der Waals surface area contributed by atoms with Gasteiger partial charge in [-0.15, -0.1) is 0 Å². The zero-order chi connectivity index (χ0) is 19.3. The number of rotatable bonds is 5. The van der Waals surface area contributed by atoms with E-state index < -0.39 is 0 Å². The smallest absolute Gasteiger partial charge is 0.254 e. The van der Waals surface area contributed by atoms with Gasteiger partial charge in [-0.25, -0.2) is 9.37 Å². The Labute approximate surface area is 162 Å². The van der Waals surface area contributed by atoms with E-state index in [1.54, 1.807) is 42.7 Å². The van der Waals surface area contributed by atoms with E-state index in [1.165, 1.54) is 18.3 Å². The maximum atomic E-state index is 13.5. The molecule has 1 aliphatic rings. The summed E-state index contributed by atoms with van der Waals surface area (Å²) in [4.78, 5) is 23.0. The van der Waals surface area contributed by atoms with E-state index >= 15 is 0 Å². The van der Waals surface area contributed by atoms with Crippen molar-refractivity contribution in [2.75, 3.05) is 6.54 Å². The fourth-order valence-electron chi connectivity index (χ4n) is 3.57. The van der Waals surface area contributed by atoms with Crippen molar-refractivity contribution in [1.29, 1.82) is 0 Å². The van der Waals surface area contributed by atoms with Crippen molar-refractivity contribution in [2.45, 2.75) is 25.3 Å². The Kier molecular flexibility index (Phi) is 5.28. The lowest BCUT2D eigenvalue weighted by molar-refractivity contribution is 0.0736. The summed E-state index contributed by atoms with van der Waals surface area (Å²) in [5, 5.41) is 0. The molecule has 1 amide bonds. The molecule has 3 aromatic rings. The third kappa shape index (κ3) is 4.17. The number of ether oxygens (including phenoxy) is 1. The van der Waals surface area contributed by atoms with Gasteiger partial charge < -0.3 is 9.64 Å². The predicted molar refractivity (Wildman–Crippen MR) is 103 cm³/mol. The second kappa shape index (κ2) is 8.17. The van der Waals surface area contributed by atoms with E-state index in [9.17, 15) is 9.18 Å². The second-order valence-corrected chi connectivity index (χ2v) is 6.80. The highest BCUT2D eigenvalue weighted by atomic mass is 19.1. The molecule has 28 heavy (non-hydrogen) atoms. The molecule has 1 aromatic heterocycles. The van der Waals surface area contributed by atoms with Gasteiger partial charge >= 0.3 is 0 Å². The molecule has 0 spiro atoms. The standard InChI is InChI=1S/C22H20FN3O2/c23-18-6-1-4-16(12-18)13-19-7-3-11-26(19)22(27)17-5-2-8-20(14-17)28-21-15-24-9-10-25-21/h1-2,4-6,8-10,12,14-15,19H,3,7,11,13H2. The lowest BCUT2D eigenvalue weighted by Gasteiger charge is -2.25. The number of nitrogens with zero attached hydrogens (tertiary/aromatic N) is 3. The lowest BCUT2D eigenvalue weighted by atomic mass is 10.0. The molecule has 1 unspecified atom stereocenters. The zero-order valence-corrected chi connectivity index (χ0v) is 15.3. The van der Waals surface area contributed by atoms with Gasteiger partial charge in [0.05, 0.1) is 6.20 Å². The average Bonchev–Trinajstić information content (AvgIpc) is 3.16. The number of hydrogen-bond acceptors (Lipinski definition) is 4. The van der Waals surface area contributed by atoms with Crippen LogP contribution in [0, 0.1) is 5.82 Å². The summed E-state index contributed by atoms with van der Waals surface area (Å²) in [5.74, 6) is 0.621. The van der Waals surface area contributed by atoms with Gasteiger partial charge in [-0.3, -0.25) is 9.78 Å². The highest BCUT2D eigenvalue weighted by Crippen LogP contribution is 2.26. The molecule has 0 bridgehead atoms. The predicted octanol–water partition coefficient (Wildman–Crippen LogP) is 4.26. The molecule has 5 nitrogen and oxygen atoms in total. The summed E-state index contributed by atoms with van der Waals surface area (Å²) in [6, 6.07) is 13.7. The lowest BCUT2D eigenvalue weighted by Crippen LogP contribution is -2.36. The molecule has 2 aromatic carbocycles. The number of carbonyl (C=O) groups is 1. The molecule has 0 N–H and O–H groups in total. The van der Waals surface area contributed by atoms with Crippen LogP contribution in [0.25, 0.3) is 0 Å². The van der Waals surface area contributed by atoms with Crippen molar-refractivity contribution >= 4 is 5.91 Å². The summed E-state index contributed by atoms with van der Waals surface area (Å²) >= 11 is 0. The summed E-state index contributed by atoms with van der Waals surface area (Å²) in [7, 11) is 0. The van der Waals surface area contributed by atoms with Gasteiger partial charge in [-0.2, -0.15) is 0 Å². The normalized spacial score (nSPS) is 16.2. The number of carbonyl (C=O) groups excluding carboxylic acids is 1. The monoisotopic (exact) mass is 377 g/mol. The minimum Gasteiger partial charge on any atom is -0.437 e. The van der Waals surface area contributed by atoms with Gasteiger partial charge in [-0.05, 0) is 55.2 Å². The number of hydrogen-bond donors (Lipinski definition) is 0. The summed E-state index contributed by atoms with van der Waals surface area (Å²) in [5.41, 5.74) is 1.47. The number of halogens is 1. The Morgan fingerprint density at radius 2 is 2.07 bits per heavy atom. The Hall–Kier alpha value is -3.28. The number of benzene rings is 2. The molecule has 1 fully saturated rings. The summed E-state index contributed by atoms with van der Waals surface area (Å²) < 4.78 is 19.2. The second-order valence-electron chi connectivity index (χ2n) is 6.80. The zero-order valence-electron chi connectivity index (χ0n) is 15.3. The Bertz CT molecular complexity index is 965. The highest BCUT2D eigenvalue weighted by molar-refractivity contribution is 5.95. The van der Waals surface area contributed by atoms with Crippen LogP contribution in [0.5, 0.6) is 11.6 Å². The Morgan fingerprint density at radius 3 is 2.89 bits per heavy atom. The van der Waals surface area contributed by atoms with Crippen molar-refractivity contribution in [2.24, 2.45) is 0 Å². The van der Waals surface area contributed by atoms with Crippen molar-refractivity contribution in [3.63, 3.8) is 0 Å². The number of likely N-dealkylation sites (tertiary alicyclic amines) is 1. The number of amides is 1. The van der Waals surface area contributed by atoms with E-state index in [-0.39, 0.29) is 17.8 Å². The molecule has 4 rings (SSSR count). The first-order chi connectivity index (χ1) is 13.7. The SMILES string of the molecule is O=C(c1cccc(Oc2cnccn2)c1)N1CCCC1Cc1cccc(F)c1. The van der Waals surface area contributed by atoms with Crippen LogP contribution in [0.4, 0.5) is 4.39 Å². The van der Waals surface area contributed by atoms with Gasteiger partial charge in [-0.1, -0.05) is 18.2 Å². The molecule has 0 aliphatic carbocycles. The molecule has 0 radical (unpaired) electrons. The maximum Gasteiger partial charge on any atom is 0.254 e. The van der Waals surface area contributed by atoms with E-state index in [0.717, 1.165) is 18.4 Å². The molecule has 6 heteroatoms. The third-order valence-corrected chi connectivity index (χ3v) is 4.84. The minimum atomic E-state index is -0.248. The molecule has 1 saturated heterocycles. The molecular weight excluding hydrogens is 357 g/mol. The van der Waals surface area contributed by atoms with Crippen molar-refractivity contribution in [3.8, 4) is 11.6 Å². The fraction of sp³-hybridized carbons (Fsp3) is 0.227. The van der Waals surface area contributed by atoms with E-state index in [2.05, 4.69) is 9.97 Å².